The van der Waals surface area contributed by atoms with Crippen molar-refractivity contribution in [1.29, 1.82) is 0 Å². The third kappa shape index (κ3) is 3.30. The van der Waals surface area contributed by atoms with E-state index in [2.05, 4.69) is 10.3 Å². The SMILES string of the molecule is CCc1ccccc1NC(=O)C1CC(=O)N(c2ccc3oc(C)nc3c2)C1. The van der Waals surface area contributed by atoms with Gasteiger partial charge in [0.2, 0.25) is 11.8 Å². The van der Waals surface area contributed by atoms with Gasteiger partial charge in [0.25, 0.3) is 0 Å². The summed E-state index contributed by atoms with van der Waals surface area (Å²) in [5.41, 5.74) is 4.04. The molecule has 0 saturated carbocycles. The number of aromatic nitrogens is 1. The molecule has 1 atom stereocenters. The molecule has 138 valence electrons. The lowest BCUT2D eigenvalue weighted by molar-refractivity contribution is -0.122. The number of hydrogen-bond donors (Lipinski definition) is 1. The molecule has 2 amide bonds. The van der Waals surface area contributed by atoms with Crippen LogP contribution in [0, 0.1) is 12.8 Å². The predicted molar refractivity (Wildman–Crippen MR) is 104 cm³/mol. The number of carbonyl (C=O) groups excluding carboxylic acids is 2. The molecule has 1 aromatic heterocycles. The Morgan fingerprint density at radius 2 is 2.11 bits per heavy atom. The zero-order chi connectivity index (χ0) is 19.0. The highest BCUT2D eigenvalue weighted by Gasteiger charge is 2.35. The summed E-state index contributed by atoms with van der Waals surface area (Å²) in [5, 5.41) is 2.98. The number of anilines is 2. The van der Waals surface area contributed by atoms with Crippen LogP contribution in [0.15, 0.2) is 46.9 Å². The Balaban J connectivity index is 1.51. The third-order valence-corrected chi connectivity index (χ3v) is 4.94. The standard InChI is InChI=1S/C21H21N3O3/c1-3-14-6-4-5-7-17(14)23-21(26)15-10-20(25)24(12-15)16-8-9-19-18(11-16)22-13(2)27-19/h4-9,11,15H,3,10,12H2,1-2H3,(H,23,26). The molecule has 1 saturated heterocycles. The first-order valence-corrected chi connectivity index (χ1v) is 9.11. The number of carbonyl (C=O) groups is 2. The Kier molecular flexibility index (Phi) is 4.39. The van der Waals surface area contributed by atoms with Crippen LogP contribution in [0.25, 0.3) is 11.1 Å². The van der Waals surface area contributed by atoms with Crippen molar-refractivity contribution in [2.45, 2.75) is 26.7 Å². The van der Waals surface area contributed by atoms with Gasteiger partial charge in [-0.15, -0.1) is 0 Å². The van der Waals surface area contributed by atoms with E-state index < -0.39 is 0 Å². The van der Waals surface area contributed by atoms with Crippen LogP contribution in [-0.4, -0.2) is 23.3 Å². The van der Waals surface area contributed by atoms with E-state index in [0.717, 1.165) is 23.4 Å². The number of para-hydroxylation sites is 1. The second-order valence-electron chi connectivity index (χ2n) is 6.79. The number of aryl methyl sites for hydroxylation is 2. The fraction of sp³-hybridized carbons (Fsp3) is 0.286. The molecular formula is C21H21N3O3. The second kappa shape index (κ2) is 6.87. The number of fused-ring (bicyclic) bond motifs is 1. The molecule has 4 rings (SSSR count). The molecule has 1 aliphatic rings. The van der Waals surface area contributed by atoms with Crippen LogP contribution in [0.5, 0.6) is 0 Å². The van der Waals surface area contributed by atoms with Crippen LogP contribution in [0.4, 0.5) is 11.4 Å². The van der Waals surface area contributed by atoms with Crippen LogP contribution < -0.4 is 10.2 Å². The van der Waals surface area contributed by atoms with E-state index in [1.807, 2.05) is 49.4 Å². The van der Waals surface area contributed by atoms with E-state index in [1.54, 1.807) is 11.8 Å². The van der Waals surface area contributed by atoms with Crippen molar-refractivity contribution in [3.63, 3.8) is 0 Å². The molecule has 6 nitrogen and oxygen atoms in total. The van der Waals surface area contributed by atoms with Gasteiger partial charge in [-0.25, -0.2) is 4.98 Å². The van der Waals surface area contributed by atoms with Crippen molar-refractivity contribution < 1.29 is 14.0 Å². The minimum Gasteiger partial charge on any atom is -0.441 e. The third-order valence-electron chi connectivity index (χ3n) is 4.94. The van der Waals surface area contributed by atoms with Gasteiger partial charge in [0.1, 0.15) is 5.52 Å². The number of amides is 2. The molecule has 1 aliphatic heterocycles. The van der Waals surface area contributed by atoms with Crippen LogP contribution in [0.1, 0.15) is 24.8 Å². The first-order chi connectivity index (χ1) is 13.0. The Morgan fingerprint density at radius 1 is 1.30 bits per heavy atom. The van der Waals surface area contributed by atoms with E-state index in [4.69, 9.17) is 4.42 Å². The first kappa shape index (κ1) is 17.3. The van der Waals surface area contributed by atoms with E-state index in [-0.39, 0.29) is 24.2 Å². The summed E-state index contributed by atoms with van der Waals surface area (Å²) in [5.74, 6) is 0.0301. The molecule has 27 heavy (non-hydrogen) atoms. The van der Waals surface area contributed by atoms with Crippen molar-refractivity contribution in [2.75, 3.05) is 16.8 Å². The van der Waals surface area contributed by atoms with Crippen molar-refractivity contribution in [3.05, 3.63) is 53.9 Å². The highest BCUT2D eigenvalue weighted by molar-refractivity contribution is 6.04. The molecule has 0 aliphatic carbocycles. The molecule has 1 N–H and O–H groups in total. The number of oxazole rings is 1. The second-order valence-corrected chi connectivity index (χ2v) is 6.79. The smallest absolute Gasteiger partial charge is 0.229 e. The van der Waals surface area contributed by atoms with E-state index >= 15 is 0 Å². The van der Waals surface area contributed by atoms with Gasteiger partial charge in [0.15, 0.2) is 11.5 Å². The maximum absolute atomic E-state index is 12.7. The van der Waals surface area contributed by atoms with Gasteiger partial charge < -0.3 is 14.6 Å². The predicted octanol–water partition coefficient (Wildman–Crippen LogP) is 3.69. The highest BCUT2D eigenvalue weighted by atomic mass is 16.3. The molecule has 3 aromatic rings. The molecule has 1 unspecified atom stereocenters. The molecule has 1 fully saturated rings. The van der Waals surface area contributed by atoms with E-state index in [1.165, 1.54) is 0 Å². The van der Waals surface area contributed by atoms with Crippen LogP contribution in [-0.2, 0) is 16.0 Å². The van der Waals surface area contributed by atoms with Gasteiger partial charge in [-0.05, 0) is 36.2 Å². The fourth-order valence-corrected chi connectivity index (χ4v) is 3.52. The molecule has 0 bridgehead atoms. The van der Waals surface area contributed by atoms with Crippen LogP contribution in [0.2, 0.25) is 0 Å². The fourth-order valence-electron chi connectivity index (χ4n) is 3.52. The lowest BCUT2D eigenvalue weighted by Crippen LogP contribution is -2.28. The van der Waals surface area contributed by atoms with Gasteiger partial charge in [-0.3, -0.25) is 9.59 Å². The van der Waals surface area contributed by atoms with E-state index in [9.17, 15) is 9.59 Å². The zero-order valence-corrected chi connectivity index (χ0v) is 15.4. The van der Waals surface area contributed by atoms with Crippen molar-refractivity contribution in [2.24, 2.45) is 5.92 Å². The highest BCUT2D eigenvalue weighted by Crippen LogP contribution is 2.29. The van der Waals surface area contributed by atoms with E-state index in [0.29, 0.717) is 23.5 Å². The molecular weight excluding hydrogens is 342 g/mol. The minimum absolute atomic E-state index is 0.0570. The van der Waals surface area contributed by atoms with Gasteiger partial charge in [0.05, 0.1) is 5.92 Å². The van der Waals surface area contributed by atoms with Gasteiger partial charge in [-0.2, -0.15) is 0 Å². The van der Waals surface area contributed by atoms with Crippen molar-refractivity contribution >= 4 is 34.3 Å². The number of rotatable bonds is 4. The largest absolute Gasteiger partial charge is 0.441 e. The Hall–Kier alpha value is -3.15. The minimum atomic E-state index is -0.378. The number of benzene rings is 2. The van der Waals surface area contributed by atoms with Gasteiger partial charge in [0, 0.05) is 31.3 Å². The van der Waals surface area contributed by atoms with Crippen molar-refractivity contribution in [1.82, 2.24) is 4.98 Å². The number of nitrogens with one attached hydrogen (secondary N) is 1. The maximum atomic E-state index is 12.7. The Labute approximate surface area is 157 Å². The quantitative estimate of drug-likeness (QED) is 0.767. The summed E-state index contributed by atoms with van der Waals surface area (Å²) in [6.07, 6.45) is 1.04. The molecule has 0 radical (unpaired) electrons. The average molecular weight is 363 g/mol. The number of hydrogen-bond acceptors (Lipinski definition) is 4. The summed E-state index contributed by atoms with van der Waals surface area (Å²) in [7, 11) is 0. The summed E-state index contributed by atoms with van der Waals surface area (Å²) < 4.78 is 5.48. The average Bonchev–Trinajstić information content (AvgIpc) is 3.23. The topological polar surface area (TPSA) is 75.4 Å². The molecule has 0 spiro atoms. The lowest BCUT2D eigenvalue weighted by atomic mass is 10.1. The van der Waals surface area contributed by atoms with Crippen LogP contribution >= 0.6 is 0 Å². The van der Waals surface area contributed by atoms with Gasteiger partial charge in [-0.1, -0.05) is 25.1 Å². The zero-order valence-electron chi connectivity index (χ0n) is 15.4. The molecule has 2 heterocycles. The summed E-state index contributed by atoms with van der Waals surface area (Å²) in [4.78, 5) is 31.2. The summed E-state index contributed by atoms with van der Waals surface area (Å²) in [6, 6.07) is 13.2. The lowest BCUT2D eigenvalue weighted by Gasteiger charge is -2.17. The first-order valence-electron chi connectivity index (χ1n) is 9.11. The Bertz CT molecular complexity index is 1020. The molecule has 6 heteroatoms. The summed E-state index contributed by atoms with van der Waals surface area (Å²) >= 11 is 0. The Morgan fingerprint density at radius 3 is 2.93 bits per heavy atom. The normalized spacial score (nSPS) is 16.9. The summed E-state index contributed by atoms with van der Waals surface area (Å²) in [6.45, 7) is 4.20. The van der Waals surface area contributed by atoms with Crippen molar-refractivity contribution in [3.8, 4) is 0 Å². The monoisotopic (exact) mass is 363 g/mol. The van der Waals surface area contributed by atoms with Gasteiger partial charge >= 0.3 is 0 Å². The molecule has 2 aromatic carbocycles. The maximum Gasteiger partial charge on any atom is 0.229 e. The van der Waals surface area contributed by atoms with Crippen LogP contribution in [0.3, 0.4) is 0 Å². The number of nitrogens with zero attached hydrogens (tertiary/aromatic N) is 2.